The predicted molar refractivity (Wildman–Crippen MR) is 96.6 cm³/mol. The van der Waals surface area contributed by atoms with E-state index in [4.69, 9.17) is 0 Å². The molecule has 0 N–H and O–H groups in total. The molecule has 0 nitrogen and oxygen atoms in total. The molecule has 3 aliphatic rings. The third-order valence-corrected chi connectivity index (χ3v) is 10.6. The molecule has 22 heavy (non-hydrogen) atoms. The third kappa shape index (κ3) is 1.66. The quantitative estimate of drug-likeness (QED) is 0.479. The van der Waals surface area contributed by atoms with Crippen molar-refractivity contribution < 1.29 is 0 Å². The molecule has 0 aromatic rings. The van der Waals surface area contributed by atoms with Crippen LogP contribution in [0, 0.1) is 63.6 Å². The van der Waals surface area contributed by atoms with Crippen LogP contribution in [0.15, 0.2) is 0 Å². The molecule has 3 fully saturated rings. The number of hydrogen-bond acceptors (Lipinski definition) is 0. The molecule has 8 unspecified atom stereocenters. The summed E-state index contributed by atoms with van der Waals surface area (Å²) in [7, 11) is 0. The van der Waals surface area contributed by atoms with Crippen molar-refractivity contribution in [2.75, 3.05) is 0 Å². The summed E-state index contributed by atoms with van der Waals surface area (Å²) in [6.45, 7) is 25.7. The fraction of sp³-hybridized carbons (Fsp3) is 1.00. The van der Waals surface area contributed by atoms with E-state index in [2.05, 4.69) is 69.2 Å². The van der Waals surface area contributed by atoms with Gasteiger partial charge >= 0.3 is 0 Å². The fourth-order valence-electron chi connectivity index (χ4n) is 7.55. The lowest BCUT2D eigenvalue weighted by Crippen LogP contribution is -2.47. The maximum atomic E-state index is 2.60. The average molecular weight is 305 g/mol. The van der Waals surface area contributed by atoms with Gasteiger partial charge in [0.2, 0.25) is 0 Å². The molecule has 0 aromatic heterocycles. The second-order valence-corrected chi connectivity index (χ2v) is 11.1. The van der Waals surface area contributed by atoms with Crippen LogP contribution in [0.5, 0.6) is 0 Å². The zero-order chi connectivity index (χ0) is 16.8. The molecule has 0 saturated heterocycles. The lowest BCUT2D eigenvalue weighted by Gasteiger charge is -2.53. The molecule has 0 spiro atoms. The second kappa shape index (κ2) is 4.54. The number of fused-ring (bicyclic) bond motifs is 3. The van der Waals surface area contributed by atoms with Crippen molar-refractivity contribution in [3.05, 3.63) is 0 Å². The molecule has 0 aromatic carbocycles. The molecule has 0 radical (unpaired) electrons. The summed E-state index contributed by atoms with van der Waals surface area (Å²) in [5, 5.41) is 0. The summed E-state index contributed by atoms with van der Waals surface area (Å²) in [6, 6.07) is 0. The van der Waals surface area contributed by atoms with Crippen LogP contribution in [-0.2, 0) is 0 Å². The molecular weight excluding hydrogens is 264 g/mol. The van der Waals surface area contributed by atoms with Gasteiger partial charge in [0.1, 0.15) is 0 Å². The van der Waals surface area contributed by atoms with Gasteiger partial charge in [-0.25, -0.2) is 0 Å². The first kappa shape index (κ1) is 16.8. The van der Waals surface area contributed by atoms with Gasteiger partial charge in [-0.05, 0) is 70.0 Å². The van der Waals surface area contributed by atoms with Crippen LogP contribution in [0.4, 0.5) is 0 Å². The van der Waals surface area contributed by atoms with Gasteiger partial charge in [0, 0.05) is 0 Å². The average Bonchev–Trinajstić information content (AvgIpc) is 2.87. The highest BCUT2D eigenvalue weighted by Gasteiger charge is 2.70. The van der Waals surface area contributed by atoms with E-state index in [-0.39, 0.29) is 0 Å². The van der Waals surface area contributed by atoms with E-state index in [1.165, 1.54) is 6.42 Å². The minimum atomic E-state index is 0.426. The van der Waals surface area contributed by atoms with Crippen molar-refractivity contribution in [3.8, 4) is 0 Å². The normalized spacial score (nSPS) is 54.8. The van der Waals surface area contributed by atoms with Crippen molar-refractivity contribution in [3.63, 3.8) is 0 Å². The van der Waals surface area contributed by atoms with Crippen molar-refractivity contribution in [2.24, 2.45) is 63.6 Å². The first-order valence-electron chi connectivity index (χ1n) is 9.87. The zero-order valence-electron chi connectivity index (χ0n) is 16.8. The van der Waals surface area contributed by atoms with Crippen molar-refractivity contribution >= 4 is 0 Å². The summed E-state index contributed by atoms with van der Waals surface area (Å²) in [5.74, 6) is 7.39. The molecule has 3 rings (SSSR count). The van der Waals surface area contributed by atoms with Crippen LogP contribution < -0.4 is 0 Å². The van der Waals surface area contributed by atoms with Gasteiger partial charge in [-0.3, -0.25) is 0 Å². The molecule has 0 bridgehead atoms. The van der Waals surface area contributed by atoms with Gasteiger partial charge < -0.3 is 0 Å². The van der Waals surface area contributed by atoms with E-state index in [9.17, 15) is 0 Å². The van der Waals surface area contributed by atoms with Crippen LogP contribution >= 0.6 is 0 Å². The lowest BCUT2D eigenvalue weighted by atomic mass is 9.52. The largest absolute Gasteiger partial charge is 0.0620 e. The summed E-state index contributed by atoms with van der Waals surface area (Å²) >= 11 is 0. The van der Waals surface area contributed by atoms with Crippen LogP contribution in [0.3, 0.4) is 0 Å². The Morgan fingerprint density at radius 1 is 0.636 bits per heavy atom. The van der Waals surface area contributed by atoms with Crippen molar-refractivity contribution in [1.29, 1.82) is 0 Å². The Labute approximate surface area is 139 Å². The van der Waals surface area contributed by atoms with Gasteiger partial charge in [-0.15, -0.1) is 0 Å². The van der Waals surface area contributed by atoms with Gasteiger partial charge in [-0.1, -0.05) is 69.2 Å². The molecule has 3 saturated carbocycles. The molecule has 3 aliphatic carbocycles. The molecule has 0 heteroatoms. The van der Waals surface area contributed by atoms with E-state index in [0.717, 1.165) is 47.3 Å². The maximum Gasteiger partial charge on any atom is -0.0246 e. The van der Waals surface area contributed by atoms with Crippen LogP contribution in [0.1, 0.15) is 75.7 Å². The SMILES string of the molecule is CC1C(C)C(C)C2C(CC3C2C(C)(C)C(C)(C)C3(C)C)C1C. The monoisotopic (exact) mass is 304 g/mol. The first-order chi connectivity index (χ1) is 9.87. The van der Waals surface area contributed by atoms with Crippen LogP contribution in [0.2, 0.25) is 0 Å². The summed E-state index contributed by atoms with van der Waals surface area (Å²) in [6.07, 6.45) is 1.50. The van der Waals surface area contributed by atoms with E-state index in [1.54, 1.807) is 0 Å². The Hall–Kier alpha value is 0. The highest BCUT2D eigenvalue weighted by molar-refractivity contribution is 5.18. The van der Waals surface area contributed by atoms with E-state index in [1.807, 2.05) is 0 Å². The van der Waals surface area contributed by atoms with E-state index in [0.29, 0.717) is 16.2 Å². The predicted octanol–water partition coefficient (Wildman–Crippen LogP) is 6.51. The van der Waals surface area contributed by atoms with Gasteiger partial charge in [-0.2, -0.15) is 0 Å². The van der Waals surface area contributed by atoms with Crippen molar-refractivity contribution in [2.45, 2.75) is 75.7 Å². The zero-order valence-corrected chi connectivity index (χ0v) is 16.8. The number of rotatable bonds is 0. The molecule has 0 heterocycles. The number of hydrogen-bond donors (Lipinski definition) is 0. The van der Waals surface area contributed by atoms with Gasteiger partial charge in [0.15, 0.2) is 0 Å². The molecule has 0 amide bonds. The smallest absolute Gasteiger partial charge is 0.0246 e. The van der Waals surface area contributed by atoms with Crippen LogP contribution in [-0.4, -0.2) is 0 Å². The Balaban J connectivity index is 2.08. The lowest BCUT2D eigenvalue weighted by molar-refractivity contribution is -0.0467. The summed E-state index contributed by atoms with van der Waals surface area (Å²) < 4.78 is 0. The topological polar surface area (TPSA) is 0 Å². The highest BCUT2D eigenvalue weighted by Crippen LogP contribution is 2.76. The standard InChI is InChI=1S/C22H40/c1-12-13(2)15(4)18-16(14(12)3)11-17-19(18)21(7,8)22(9,10)20(17,5)6/h12-19H,11H2,1-10H3. The van der Waals surface area contributed by atoms with E-state index < -0.39 is 0 Å². The van der Waals surface area contributed by atoms with Gasteiger partial charge in [0.05, 0.1) is 0 Å². The van der Waals surface area contributed by atoms with Crippen LogP contribution in [0.25, 0.3) is 0 Å². The maximum absolute atomic E-state index is 2.60. The van der Waals surface area contributed by atoms with E-state index >= 15 is 0 Å². The minimum absolute atomic E-state index is 0.426. The molecule has 0 aliphatic heterocycles. The highest BCUT2D eigenvalue weighted by atomic mass is 14.7. The van der Waals surface area contributed by atoms with Gasteiger partial charge in [0.25, 0.3) is 0 Å². The molecular formula is C22H40. The fourth-order valence-corrected chi connectivity index (χ4v) is 7.55. The molecule has 8 atom stereocenters. The summed E-state index contributed by atoms with van der Waals surface area (Å²) in [5.41, 5.74) is 1.34. The third-order valence-electron chi connectivity index (χ3n) is 10.6. The minimum Gasteiger partial charge on any atom is -0.0620 e. The molecule has 128 valence electrons. The summed E-state index contributed by atoms with van der Waals surface area (Å²) in [4.78, 5) is 0. The second-order valence-electron chi connectivity index (χ2n) is 11.1. The first-order valence-corrected chi connectivity index (χ1v) is 9.87. The Bertz CT molecular complexity index is 455. The Morgan fingerprint density at radius 2 is 1.14 bits per heavy atom. The Morgan fingerprint density at radius 3 is 1.68 bits per heavy atom. The van der Waals surface area contributed by atoms with Crippen molar-refractivity contribution in [1.82, 2.24) is 0 Å². The Kier molecular flexibility index (Phi) is 3.48.